The van der Waals surface area contributed by atoms with Crippen molar-refractivity contribution in [3.63, 3.8) is 0 Å². The quantitative estimate of drug-likeness (QED) is 0.490. The molecule has 0 saturated heterocycles. The summed E-state index contributed by atoms with van der Waals surface area (Å²) in [5, 5.41) is 15.2. The van der Waals surface area contributed by atoms with Crippen LogP contribution < -0.4 is 10.2 Å². The van der Waals surface area contributed by atoms with Crippen LogP contribution in [0.2, 0.25) is 0 Å². The topological polar surface area (TPSA) is 92.5 Å². The summed E-state index contributed by atoms with van der Waals surface area (Å²) in [5.74, 6) is 0.734. The van der Waals surface area contributed by atoms with Gasteiger partial charge in [-0.05, 0) is 31.5 Å². The highest BCUT2D eigenvalue weighted by Gasteiger charge is 2.03. The van der Waals surface area contributed by atoms with E-state index in [-0.39, 0.29) is 6.61 Å². The fraction of sp³-hybridized carbons (Fsp3) is 0.308. The summed E-state index contributed by atoms with van der Waals surface area (Å²) >= 11 is 0. The molecule has 0 spiro atoms. The lowest BCUT2D eigenvalue weighted by Crippen LogP contribution is -2.21. The molecule has 0 atom stereocenters. The second kappa shape index (κ2) is 7.78. The van der Waals surface area contributed by atoms with Crippen LogP contribution in [-0.2, 0) is 11.3 Å². The van der Waals surface area contributed by atoms with Gasteiger partial charge in [0, 0.05) is 0 Å². The van der Waals surface area contributed by atoms with Crippen LogP contribution in [0.4, 0.5) is 4.79 Å². The van der Waals surface area contributed by atoms with Gasteiger partial charge in [0.15, 0.2) is 0 Å². The van der Waals surface area contributed by atoms with Gasteiger partial charge in [-0.2, -0.15) is 5.10 Å². The van der Waals surface area contributed by atoms with Gasteiger partial charge < -0.3 is 14.7 Å². The highest BCUT2D eigenvalue weighted by atomic mass is 16.6. The van der Waals surface area contributed by atoms with Gasteiger partial charge in [0.2, 0.25) is 0 Å². The fourth-order valence-corrected chi connectivity index (χ4v) is 1.19. The average Bonchev–Trinajstić information content (AvgIpc) is 2.50. The Balaban J connectivity index is 2.43. The molecule has 0 saturated carbocycles. The van der Waals surface area contributed by atoms with Crippen molar-refractivity contribution in [2.75, 3.05) is 7.11 Å². The van der Waals surface area contributed by atoms with Gasteiger partial charge in [-0.15, -0.1) is 0 Å². The first-order valence-corrected chi connectivity index (χ1v) is 5.86. The van der Waals surface area contributed by atoms with E-state index < -0.39 is 6.09 Å². The number of amides is 1. The van der Waals surface area contributed by atoms with Crippen molar-refractivity contribution in [3.8, 4) is 5.75 Å². The number of ether oxygens (including phenoxy) is 2. The van der Waals surface area contributed by atoms with Crippen LogP contribution in [0.5, 0.6) is 5.75 Å². The molecule has 0 unspecified atom stereocenters. The van der Waals surface area contributed by atoms with E-state index >= 15 is 0 Å². The first kappa shape index (κ1) is 15.5. The maximum Gasteiger partial charge on any atom is 0.428 e. The maximum absolute atomic E-state index is 11.4. The summed E-state index contributed by atoms with van der Waals surface area (Å²) in [7, 11) is 1.58. The Kier molecular flexibility index (Phi) is 6.02. The van der Waals surface area contributed by atoms with Crippen LogP contribution in [0.3, 0.4) is 0 Å². The maximum atomic E-state index is 11.4. The first-order chi connectivity index (χ1) is 9.56. The number of nitrogens with zero attached hydrogens (tertiary/aromatic N) is 2. The van der Waals surface area contributed by atoms with Crippen molar-refractivity contribution in [2.45, 2.75) is 20.5 Å². The summed E-state index contributed by atoms with van der Waals surface area (Å²) in [6.45, 7) is 3.28. The molecule has 7 nitrogen and oxygen atoms in total. The number of hydrogen-bond acceptors (Lipinski definition) is 6. The Morgan fingerprint density at radius 1 is 1.25 bits per heavy atom. The Morgan fingerprint density at radius 2 is 1.90 bits per heavy atom. The SMILES string of the molecule is COc1ccc(COC(=O)N/N=C(C)\C(C)=N\O)cc1. The Labute approximate surface area is 116 Å². The molecular formula is C13H17N3O4. The Bertz CT molecular complexity index is 509. The predicted molar refractivity (Wildman–Crippen MR) is 74.3 cm³/mol. The number of carbonyl (C=O) groups is 1. The summed E-state index contributed by atoms with van der Waals surface area (Å²) in [6, 6.07) is 7.15. The molecule has 108 valence electrons. The third-order valence-electron chi connectivity index (χ3n) is 2.52. The van der Waals surface area contributed by atoms with Crippen LogP contribution >= 0.6 is 0 Å². The third kappa shape index (κ3) is 4.97. The van der Waals surface area contributed by atoms with Crippen LogP contribution in [0.25, 0.3) is 0 Å². The molecule has 0 fully saturated rings. The zero-order valence-corrected chi connectivity index (χ0v) is 11.6. The minimum Gasteiger partial charge on any atom is -0.497 e. The van der Waals surface area contributed by atoms with E-state index in [4.69, 9.17) is 14.7 Å². The molecule has 0 heterocycles. The molecule has 2 N–H and O–H groups in total. The van der Waals surface area contributed by atoms with E-state index in [9.17, 15) is 4.79 Å². The van der Waals surface area contributed by atoms with E-state index in [1.165, 1.54) is 0 Å². The number of rotatable bonds is 5. The number of carbonyl (C=O) groups excluding carboxylic acids is 1. The molecule has 0 aliphatic heterocycles. The van der Waals surface area contributed by atoms with E-state index in [0.29, 0.717) is 11.4 Å². The van der Waals surface area contributed by atoms with Crippen molar-refractivity contribution < 1.29 is 19.5 Å². The van der Waals surface area contributed by atoms with Crippen molar-refractivity contribution in [2.24, 2.45) is 10.3 Å². The van der Waals surface area contributed by atoms with Gasteiger partial charge in [-0.25, -0.2) is 10.2 Å². The highest BCUT2D eigenvalue weighted by molar-refractivity contribution is 6.40. The standard InChI is InChI=1S/C13H17N3O4/c1-9(10(2)16-18)14-15-13(17)20-8-11-4-6-12(19-3)7-5-11/h4-7,18H,8H2,1-3H3,(H,15,17)/b14-9-,16-10+. The van der Waals surface area contributed by atoms with Crippen molar-refractivity contribution in [3.05, 3.63) is 29.8 Å². The number of oxime groups is 1. The largest absolute Gasteiger partial charge is 0.497 e. The van der Waals surface area contributed by atoms with Crippen LogP contribution in [0.15, 0.2) is 34.5 Å². The van der Waals surface area contributed by atoms with Gasteiger partial charge in [-0.1, -0.05) is 17.3 Å². The van der Waals surface area contributed by atoms with Gasteiger partial charge in [0.25, 0.3) is 0 Å². The van der Waals surface area contributed by atoms with E-state index in [0.717, 1.165) is 11.3 Å². The predicted octanol–water partition coefficient (Wildman–Crippen LogP) is 2.15. The zero-order chi connectivity index (χ0) is 15.0. The van der Waals surface area contributed by atoms with E-state index in [1.54, 1.807) is 45.2 Å². The molecule has 1 aromatic carbocycles. The molecule has 20 heavy (non-hydrogen) atoms. The van der Waals surface area contributed by atoms with Gasteiger partial charge in [0.05, 0.1) is 18.5 Å². The van der Waals surface area contributed by atoms with Gasteiger partial charge in [0.1, 0.15) is 12.4 Å². The highest BCUT2D eigenvalue weighted by Crippen LogP contribution is 2.11. The lowest BCUT2D eigenvalue weighted by Gasteiger charge is -2.05. The lowest BCUT2D eigenvalue weighted by molar-refractivity contribution is 0.140. The van der Waals surface area contributed by atoms with Crippen LogP contribution in [0.1, 0.15) is 19.4 Å². The molecule has 1 amide bonds. The number of methoxy groups -OCH3 is 1. The van der Waals surface area contributed by atoms with Gasteiger partial charge >= 0.3 is 6.09 Å². The number of hydrazone groups is 1. The summed E-state index contributed by atoms with van der Waals surface area (Å²) in [4.78, 5) is 11.4. The molecule has 0 aliphatic carbocycles. The molecule has 7 heteroatoms. The summed E-state index contributed by atoms with van der Waals surface area (Å²) in [5.41, 5.74) is 3.72. The Morgan fingerprint density at radius 3 is 2.45 bits per heavy atom. The fourth-order valence-electron chi connectivity index (χ4n) is 1.19. The molecule has 0 aliphatic rings. The molecule has 0 radical (unpaired) electrons. The molecule has 1 rings (SSSR count). The second-order valence-corrected chi connectivity index (χ2v) is 3.92. The zero-order valence-electron chi connectivity index (χ0n) is 11.6. The summed E-state index contributed by atoms with van der Waals surface area (Å²) < 4.78 is 9.99. The number of nitrogens with one attached hydrogen (secondary N) is 1. The molecule has 0 bridgehead atoms. The monoisotopic (exact) mass is 279 g/mol. The molecule has 1 aromatic rings. The second-order valence-electron chi connectivity index (χ2n) is 3.92. The minimum absolute atomic E-state index is 0.122. The van der Waals surface area contributed by atoms with E-state index in [2.05, 4.69) is 15.7 Å². The number of hydrogen-bond donors (Lipinski definition) is 2. The van der Waals surface area contributed by atoms with Crippen molar-refractivity contribution in [1.82, 2.24) is 5.43 Å². The van der Waals surface area contributed by atoms with Crippen molar-refractivity contribution >= 4 is 17.5 Å². The lowest BCUT2D eigenvalue weighted by atomic mass is 10.2. The van der Waals surface area contributed by atoms with Crippen LogP contribution in [0, 0.1) is 0 Å². The number of benzene rings is 1. The van der Waals surface area contributed by atoms with Crippen molar-refractivity contribution in [1.29, 1.82) is 0 Å². The van der Waals surface area contributed by atoms with E-state index in [1.807, 2.05) is 0 Å². The average molecular weight is 279 g/mol. The van der Waals surface area contributed by atoms with Crippen LogP contribution in [-0.4, -0.2) is 29.8 Å². The third-order valence-corrected chi connectivity index (χ3v) is 2.52. The summed E-state index contributed by atoms with van der Waals surface area (Å²) in [6.07, 6.45) is -0.689. The first-order valence-electron chi connectivity index (χ1n) is 5.86. The normalized spacial score (nSPS) is 11.9. The minimum atomic E-state index is -0.689. The smallest absolute Gasteiger partial charge is 0.428 e. The Hall–Kier alpha value is -2.57. The van der Waals surface area contributed by atoms with Gasteiger partial charge in [-0.3, -0.25) is 0 Å². The molecular weight excluding hydrogens is 262 g/mol. The molecule has 0 aromatic heterocycles.